The molecule has 1 N–H and O–H groups in total. The lowest BCUT2D eigenvalue weighted by molar-refractivity contribution is -0.132. The number of imide groups is 1. The fourth-order valence-corrected chi connectivity index (χ4v) is 3.92. The first-order valence-corrected chi connectivity index (χ1v) is 9.56. The molecule has 146 valence electrons. The summed E-state index contributed by atoms with van der Waals surface area (Å²) >= 11 is 0. The maximum atomic E-state index is 13.2. The second-order valence-corrected chi connectivity index (χ2v) is 7.53. The van der Waals surface area contributed by atoms with Crippen molar-refractivity contribution in [1.82, 2.24) is 10.2 Å². The highest BCUT2D eigenvalue weighted by Gasteiger charge is 2.49. The molecule has 2 aliphatic rings. The molecular weight excluding hydrogens is 368 g/mol. The topological polar surface area (TPSA) is 67.9 Å². The first-order valence-electron chi connectivity index (χ1n) is 9.56. The summed E-state index contributed by atoms with van der Waals surface area (Å²) in [6.45, 7) is 2.15. The van der Waals surface area contributed by atoms with Crippen LogP contribution in [-0.4, -0.2) is 36.1 Å². The van der Waals surface area contributed by atoms with Gasteiger partial charge in [-0.3, -0.25) is 9.69 Å². The number of rotatable bonds is 3. The Kier molecular flexibility index (Phi) is 3.94. The lowest BCUT2D eigenvalue weighted by Gasteiger charge is -2.29. The Hall–Kier alpha value is -3.54. The van der Waals surface area contributed by atoms with E-state index >= 15 is 0 Å². The molecule has 5 rings (SSSR count). The largest absolute Gasteiger partial charge is 0.486 e. The SMILES string of the molecule is C[C@]1(c2ccc3ccccc3c2)NC(=O)N(C[C@@H]2COc3ccccc3O2)C1=O. The van der Waals surface area contributed by atoms with Crippen molar-refractivity contribution >= 4 is 22.7 Å². The number of fused-ring (bicyclic) bond motifs is 2. The minimum Gasteiger partial charge on any atom is -0.486 e. The third-order valence-corrected chi connectivity index (χ3v) is 5.56. The van der Waals surface area contributed by atoms with Crippen LogP contribution < -0.4 is 14.8 Å². The zero-order valence-electron chi connectivity index (χ0n) is 15.9. The van der Waals surface area contributed by atoms with Crippen LogP contribution in [-0.2, 0) is 10.3 Å². The number of carbonyl (C=O) groups excluding carboxylic acids is 2. The van der Waals surface area contributed by atoms with Gasteiger partial charge in [-0.1, -0.05) is 48.5 Å². The Morgan fingerprint density at radius 3 is 2.55 bits per heavy atom. The zero-order valence-corrected chi connectivity index (χ0v) is 15.9. The highest BCUT2D eigenvalue weighted by Crippen LogP contribution is 2.34. The van der Waals surface area contributed by atoms with E-state index in [1.165, 1.54) is 4.90 Å². The summed E-state index contributed by atoms with van der Waals surface area (Å²) in [4.78, 5) is 27.1. The predicted molar refractivity (Wildman–Crippen MR) is 108 cm³/mol. The van der Waals surface area contributed by atoms with Crippen molar-refractivity contribution in [3.63, 3.8) is 0 Å². The molecule has 0 spiro atoms. The van der Waals surface area contributed by atoms with Gasteiger partial charge in [0.15, 0.2) is 17.6 Å². The minimum absolute atomic E-state index is 0.127. The van der Waals surface area contributed by atoms with Crippen molar-refractivity contribution in [2.75, 3.05) is 13.2 Å². The van der Waals surface area contributed by atoms with E-state index in [0.29, 0.717) is 11.5 Å². The fourth-order valence-electron chi connectivity index (χ4n) is 3.92. The van der Waals surface area contributed by atoms with E-state index in [2.05, 4.69) is 5.32 Å². The second-order valence-electron chi connectivity index (χ2n) is 7.53. The van der Waals surface area contributed by atoms with E-state index in [-0.39, 0.29) is 19.1 Å². The summed E-state index contributed by atoms with van der Waals surface area (Å²) < 4.78 is 11.6. The Bertz CT molecular complexity index is 1130. The molecule has 0 unspecified atom stereocenters. The van der Waals surface area contributed by atoms with Crippen LogP contribution in [0.15, 0.2) is 66.7 Å². The highest BCUT2D eigenvalue weighted by molar-refractivity contribution is 6.07. The van der Waals surface area contributed by atoms with Crippen LogP contribution in [0.25, 0.3) is 10.8 Å². The molecule has 6 nitrogen and oxygen atoms in total. The van der Waals surface area contributed by atoms with Crippen LogP contribution in [0.3, 0.4) is 0 Å². The van der Waals surface area contributed by atoms with Crippen molar-refractivity contribution < 1.29 is 19.1 Å². The third kappa shape index (κ3) is 2.88. The standard InChI is InChI=1S/C23H20N2O4/c1-23(17-11-10-15-6-2-3-7-16(15)12-17)21(26)25(22(27)24-23)13-18-14-28-19-8-4-5-9-20(19)29-18/h2-12,18H,13-14H2,1H3,(H,24,27)/t18-,23-/m1/s1. The number of nitrogens with one attached hydrogen (secondary N) is 1. The molecule has 6 heteroatoms. The van der Waals surface area contributed by atoms with Crippen LogP contribution >= 0.6 is 0 Å². The van der Waals surface area contributed by atoms with E-state index < -0.39 is 17.7 Å². The number of para-hydroxylation sites is 2. The molecule has 3 amide bonds. The van der Waals surface area contributed by atoms with Gasteiger partial charge in [0.2, 0.25) is 0 Å². The Labute approximate surface area is 168 Å². The predicted octanol–water partition coefficient (Wildman–Crippen LogP) is 3.45. The normalized spacial score (nSPS) is 23.3. The van der Waals surface area contributed by atoms with Crippen LogP contribution in [0.4, 0.5) is 4.79 Å². The zero-order chi connectivity index (χ0) is 20.0. The number of hydrogen-bond donors (Lipinski definition) is 1. The lowest BCUT2D eigenvalue weighted by atomic mass is 9.90. The van der Waals surface area contributed by atoms with Gasteiger partial charge >= 0.3 is 6.03 Å². The number of ether oxygens (including phenoxy) is 2. The molecule has 3 aromatic carbocycles. The Morgan fingerprint density at radius 1 is 1.00 bits per heavy atom. The van der Waals surface area contributed by atoms with Crippen molar-refractivity contribution in [3.05, 3.63) is 72.3 Å². The molecular formula is C23H20N2O4. The van der Waals surface area contributed by atoms with E-state index in [4.69, 9.17) is 9.47 Å². The summed E-state index contributed by atoms with van der Waals surface area (Å²) in [6, 6.07) is 20.7. The van der Waals surface area contributed by atoms with Crippen molar-refractivity contribution in [1.29, 1.82) is 0 Å². The Balaban J connectivity index is 1.39. The number of benzene rings is 3. The van der Waals surface area contributed by atoms with Gasteiger partial charge < -0.3 is 14.8 Å². The number of nitrogens with zero attached hydrogens (tertiary/aromatic N) is 1. The molecule has 0 aromatic heterocycles. The molecule has 29 heavy (non-hydrogen) atoms. The van der Waals surface area contributed by atoms with E-state index in [9.17, 15) is 9.59 Å². The molecule has 2 aliphatic heterocycles. The maximum absolute atomic E-state index is 13.2. The van der Waals surface area contributed by atoms with Crippen LogP contribution in [0, 0.1) is 0 Å². The van der Waals surface area contributed by atoms with Gasteiger partial charge in [0, 0.05) is 0 Å². The number of hydrogen-bond acceptors (Lipinski definition) is 4. The molecule has 0 bridgehead atoms. The summed E-state index contributed by atoms with van der Waals surface area (Å²) in [5.74, 6) is 0.996. The first-order chi connectivity index (χ1) is 14.0. The smallest absolute Gasteiger partial charge is 0.325 e. The van der Waals surface area contributed by atoms with Crippen molar-refractivity contribution in [2.24, 2.45) is 0 Å². The third-order valence-electron chi connectivity index (χ3n) is 5.56. The monoisotopic (exact) mass is 388 g/mol. The Morgan fingerprint density at radius 2 is 1.72 bits per heavy atom. The summed E-state index contributed by atoms with van der Waals surface area (Å²) in [5.41, 5.74) is -0.364. The minimum atomic E-state index is -1.12. The summed E-state index contributed by atoms with van der Waals surface area (Å²) in [7, 11) is 0. The van der Waals surface area contributed by atoms with Gasteiger partial charge in [0.05, 0.1) is 6.54 Å². The van der Waals surface area contributed by atoms with Gasteiger partial charge in [-0.2, -0.15) is 0 Å². The molecule has 2 atom stereocenters. The summed E-state index contributed by atoms with van der Waals surface area (Å²) in [5, 5.41) is 4.96. The first kappa shape index (κ1) is 17.6. The van der Waals surface area contributed by atoms with E-state index in [1.807, 2.05) is 66.7 Å². The maximum Gasteiger partial charge on any atom is 0.325 e. The second kappa shape index (κ2) is 6.51. The number of urea groups is 1. The number of carbonyl (C=O) groups is 2. The highest BCUT2D eigenvalue weighted by atomic mass is 16.6. The average molecular weight is 388 g/mol. The number of amides is 3. The van der Waals surface area contributed by atoms with Crippen LogP contribution in [0.5, 0.6) is 11.5 Å². The van der Waals surface area contributed by atoms with E-state index in [0.717, 1.165) is 16.3 Å². The van der Waals surface area contributed by atoms with Crippen LogP contribution in [0.2, 0.25) is 0 Å². The molecule has 1 fully saturated rings. The molecule has 0 saturated carbocycles. The molecule has 0 aliphatic carbocycles. The lowest BCUT2D eigenvalue weighted by Crippen LogP contribution is -2.45. The van der Waals surface area contributed by atoms with Crippen LogP contribution in [0.1, 0.15) is 12.5 Å². The van der Waals surface area contributed by atoms with Crippen molar-refractivity contribution in [2.45, 2.75) is 18.6 Å². The van der Waals surface area contributed by atoms with E-state index in [1.54, 1.807) is 6.92 Å². The summed E-state index contributed by atoms with van der Waals surface area (Å²) in [6.07, 6.45) is -0.418. The fraction of sp³-hybridized carbons (Fsp3) is 0.217. The van der Waals surface area contributed by atoms with Gasteiger partial charge in [0.25, 0.3) is 5.91 Å². The molecule has 0 radical (unpaired) electrons. The molecule has 3 aromatic rings. The van der Waals surface area contributed by atoms with Gasteiger partial charge in [-0.15, -0.1) is 0 Å². The quantitative estimate of drug-likeness (QED) is 0.698. The molecule has 1 saturated heterocycles. The molecule has 2 heterocycles. The van der Waals surface area contributed by atoms with Gasteiger partial charge in [-0.05, 0) is 41.5 Å². The average Bonchev–Trinajstić information content (AvgIpc) is 2.97. The van der Waals surface area contributed by atoms with Gasteiger partial charge in [0.1, 0.15) is 12.1 Å². The van der Waals surface area contributed by atoms with Gasteiger partial charge in [-0.25, -0.2) is 4.79 Å². The van der Waals surface area contributed by atoms with Crippen molar-refractivity contribution in [3.8, 4) is 11.5 Å².